The molecule has 0 saturated heterocycles. The number of carbonyl (C=O) groups excluding carboxylic acids is 1. The summed E-state index contributed by atoms with van der Waals surface area (Å²) in [6.45, 7) is 2.60. The van der Waals surface area contributed by atoms with Gasteiger partial charge >= 0.3 is 0 Å². The zero-order valence-corrected chi connectivity index (χ0v) is 13.7. The van der Waals surface area contributed by atoms with Crippen LogP contribution in [0.25, 0.3) is 0 Å². The first-order valence-corrected chi connectivity index (χ1v) is 8.13. The molecule has 1 heterocycles. The van der Waals surface area contributed by atoms with Gasteiger partial charge in [-0.1, -0.05) is 54.6 Å². The van der Waals surface area contributed by atoms with Gasteiger partial charge in [0.2, 0.25) is 5.91 Å². The molecule has 1 atom stereocenters. The number of hydrogen-bond acceptors (Lipinski definition) is 2. The first kappa shape index (κ1) is 15.9. The molecule has 0 saturated carbocycles. The van der Waals surface area contributed by atoms with E-state index in [1.165, 1.54) is 0 Å². The molecule has 1 amide bonds. The SMILES string of the molecule is CCN(C(=O)C(c1ccccc1)c1ccccn1)c1ccccc1. The van der Waals surface area contributed by atoms with Crippen LogP contribution in [-0.2, 0) is 4.79 Å². The molecule has 24 heavy (non-hydrogen) atoms. The maximum Gasteiger partial charge on any atom is 0.240 e. The van der Waals surface area contributed by atoms with Gasteiger partial charge in [0, 0.05) is 18.4 Å². The van der Waals surface area contributed by atoms with Gasteiger partial charge in [0.25, 0.3) is 0 Å². The molecule has 0 aliphatic carbocycles. The van der Waals surface area contributed by atoms with Crippen molar-refractivity contribution in [1.82, 2.24) is 4.98 Å². The summed E-state index contributed by atoms with van der Waals surface area (Å²) in [5, 5.41) is 0. The van der Waals surface area contributed by atoms with Gasteiger partial charge in [-0.15, -0.1) is 0 Å². The van der Waals surface area contributed by atoms with Gasteiger partial charge in [0.05, 0.1) is 5.69 Å². The van der Waals surface area contributed by atoms with Crippen molar-refractivity contribution in [3.05, 3.63) is 96.3 Å². The highest BCUT2D eigenvalue weighted by Crippen LogP contribution is 2.27. The second-order valence-corrected chi connectivity index (χ2v) is 5.52. The van der Waals surface area contributed by atoms with Crippen molar-refractivity contribution in [2.24, 2.45) is 0 Å². The second kappa shape index (κ2) is 7.55. The van der Waals surface area contributed by atoms with Crippen molar-refractivity contribution >= 4 is 11.6 Å². The van der Waals surface area contributed by atoms with Crippen LogP contribution in [0, 0.1) is 0 Å². The normalized spacial score (nSPS) is 11.7. The van der Waals surface area contributed by atoms with E-state index in [1.807, 2.05) is 90.7 Å². The van der Waals surface area contributed by atoms with Crippen LogP contribution in [-0.4, -0.2) is 17.4 Å². The number of anilines is 1. The summed E-state index contributed by atoms with van der Waals surface area (Å²) in [5.41, 5.74) is 2.63. The number of rotatable bonds is 5. The molecule has 0 radical (unpaired) electrons. The Kier molecular flexibility index (Phi) is 5.02. The van der Waals surface area contributed by atoms with Crippen molar-refractivity contribution in [3.63, 3.8) is 0 Å². The number of pyridine rings is 1. The standard InChI is InChI=1S/C21H20N2O/c1-2-23(18-13-7-4-8-14-18)21(24)20(17-11-5-3-6-12-17)19-15-9-10-16-22-19/h3-16,20H,2H2,1H3. The monoisotopic (exact) mass is 316 g/mol. The zero-order valence-electron chi connectivity index (χ0n) is 13.7. The maximum absolute atomic E-state index is 13.4. The molecule has 1 aromatic heterocycles. The largest absolute Gasteiger partial charge is 0.312 e. The van der Waals surface area contributed by atoms with Gasteiger partial charge in [0.1, 0.15) is 5.92 Å². The quantitative estimate of drug-likeness (QED) is 0.704. The van der Waals surface area contributed by atoms with Gasteiger partial charge in [-0.2, -0.15) is 0 Å². The highest BCUT2D eigenvalue weighted by Gasteiger charge is 2.28. The molecule has 3 heteroatoms. The minimum Gasteiger partial charge on any atom is -0.312 e. The molecule has 0 aliphatic rings. The molecule has 1 unspecified atom stereocenters. The minimum atomic E-state index is -0.410. The van der Waals surface area contributed by atoms with Crippen LogP contribution < -0.4 is 4.90 Å². The molecular formula is C21H20N2O. The third kappa shape index (κ3) is 3.35. The van der Waals surface area contributed by atoms with E-state index in [2.05, 4.69) is 4.98 Å². The van der Waals surface area contributed by atoms with Crippen LogP contribution in [0.1, 0.15) is 24.1 Å². The molecule has 0 fully saturated rings. The molecule has 3 aromatic rings. The van der Waals surface area contributed by atoms with Crippen LogP contribution in [0.15, 0.2) is 85.1 Å². The topological polar surface area (TPSA) is 33.2 Å². The van der Waals surface area contributed by atoms with Crippen LogP contribution in [0.2, 0.25) is 0 Å². The maximum atomic E-state index is 13.4. The summed E-state index contributed by atoms with van der Waals surface area (Å²) in [6.07, 6.45) is 1.73. The third-order valence-corrected chi connectivity index (χ3v) is 4.01. The van der Waals surface area contributed by atoms with E-state index in [-0.39, 0.29) is 5.91 Å². The molecule has 3 rings (SSSR count). The Bertz CT molecular complexity index is 733. The van der Waals surface area contributed by atoms with Crippen LogP contribution in [0.4, 0.5) is 5.69 Å². The van der Waals surface area contributed by atoms with Gasteiger partial charge < -0.3 is 4.90 Å². The van der Waals surface area contributed by atoms with Gasteiger partial charge in [-0.05, 0) is 36.8 Å². The Balaban J connectivity index is 2.03. The molecule has 3 nitrogen and oxygen atoms in total. The van der Waals surface area contributed by atoms with E-state index >= 15 is 0 Å². The fraction of sp³-hybridized carbons (Fsp3) is 0.143. The number of benzene rings is 2. The van der Waals surface area contributed by atoms with Gasteiger partial charge in [0.15, 0.2) is 0 Å². The molecule has 0 N–H and O–H groups in total. The average molecular weight is 316 g/mol. The second-order valence-electron chi connectivity index (χ2n) is 5.52. The highest BCUT2D eigenvalue weighted by molar-refractivity contribution is 5.99. The number of nitrogens with zero attached hydrogens (tertiary/aromatic N) is 2. The zero-order chi connectivity index (χ0) is 16.8. The van der Waals surface area contributed by atoms with Crippen LogP contribution in [0.3, 0.4) is 0 Å². The predicted octanol–water partition coefficient (Wildman–Crippen LogP) is 4.27. The average Bonchev–Trinajstić information content (AvgIpc) is 2.65. The van der Waals surface area contributed by atoms with Crippen molar-refractivity contribution in [2.75, 3.05) is 11.4 Å². The smallest absolute Gasteiger partial charge is 0.240 e. The Hall–Kier alpha value is -2.94. The first-order valence-electron chi connectivity index (χ1n) is 8.13. The van der Waals surface area contributed by atoms with E-state index in [1.54, 1.807) is 6.20 Å². The Labute approximate surface area is 142 Å². The van der Waals surface area contributed by atoms with Crippen molar-refractivity contribution < 1.29 is 4.79 Å². The summed E-state index contributed by atoms with van der Waals surface area (Å²) in [7, 11) is 0. The van der Waals surface area contributed by atoms with Crippen molar-refractivity contribution in [3.8, 4) is 0 Å². The van der Waals surface area contributed by atoms with Crippen molar-refractivity contribution in [1.29, 1.82) is 0 Å². The fourth-order valence-electron chi connectivity index (χ4n) is 2.86. The lowest BCUT2D eigenvalue weighted by Crippen LogP contribution is -2.35. The van der Waals surface area contributed by atoms with E-state index in [4.69, 9.17) is 0 Å². The van der Waals surface area contributed by atoms with E-state index < -0.39 is 5.92 Å². The molecule has 0 bridgehead atoms. The molecular weight excluding hydrogens is 296 g/mol. The third-order valence-electron chi connectivity index (χ3n) is 4.01. The molecule has 0 aliphatic heterocycles. The van der Waals surface area contributed by atoms with Crippen LogP contribution >= 0.6 is 0 Å². The van der Waals surface area contributed by atoms with E-state index in [9.17, 15) is 4.79 Å². The summed E-state index contributed by atoms with van der Waals surface area (Å²) in [5.74, 6) is -0.374. The number of para-hydroxylation sites is 1. The number of likely N-dealkylation sites (N-methyl/N-ethyl adjacent to an activating group) is 1. The lowest BCUT2D eigenvalue weighted by molar-refractivity contribution is -0.119. The number of aromatic nitrogens is 1. The minimum absolute atomic E-state index is 0.0357. The number of carbonyl (C=O) groups is 1. The summed E-state index contributed by atoms with van der Waals surface area (Å²) in [6, 6.07) is 25.3. The Morgan fingerprint density at radius 2 is 1.54 bits per heavy atom. The Morgan fingerprint density at radius 3 is 2.12 bits per heavy atom. The van der Waals surface area contributed by atoms with Gasteiger partial charge in [-0.3, -0.25) is 9.78 Å². The number of hydrogen-bond donors (Lipinski definition) is 0. The van der Waals surface area contributed by atoms with Crippen molar-refractivity contribution in [2.45, 2.75) is 12.8 Å². The Morgan fingerprint density at radius 1 is 0.917 bits per heavy atom. The molecule has 120 valence electrons. The molecule has 0 spiro atoms. The lowest BCUT2D eigenvalue weighted by Gasteiger charge is -2.26. The van der Waals surface area contributed by atoms with E-state index in [0.29, 0.717) is 6.54 Å². The highest BCUT2D eigenvalue weighted by atomic mass is 16.2. The number of amides is 1. The predicted molar refractivity (Wildman–Crippen MR) is 97.0 cm³/mol. The first-order chi connectivity index (χ1) is 11.8. The van der Waals surface area contributed by atoms with Crippen LogP contribution in [0.5, 0.6) is 0 Å². The molecule has 2 aromatic carbocycles. The lowest BCUT2D eigenvalue weighted by atomic mass is 9.93. The summed E-state index contributed by atoms with van der Waals surface area (Å²) < 4.78 is 0. The van der Waals surface area contributed by atoms with Gasteiger partial charge in [-0.25, -0.2) is 0 Å². The van der Waals surface area contributed by atoms with E-state index in [0.717, 1.165) is 16.9 Å². The summed E-state index contributed by atoms with van der Waals surface area (Å²) in [4.78, 5) is 19.6. The summed E-state index contributed by atoms with van der Waals surface area (Å²) >= 11 is 0. The fourth-order valence-corrected chi connectivity index (χ4v) is 2.86.